The molecule has 0 aromatic heterocycles. The van der Waals surface area contributed by atoms with Crippen LogP contribution in [0.2, 0.25) is 0 Å². The number of hydrogen-bond acceptors (Lipinski definition) is 7. The first kappa shape index (κ1) is 25.5. The minimum absolute atomic E-state index is 0.188. The third kappa shape index (κ3) is 10.2. The van der Waals surface area contributed by atoms with E-state index in [-0.39, 0.29) is 29.9 Å². The fourth-order valence-corrected chi connectivity index (χ4v) is 2.22. The molecule has 9 heteroatoms. The molecule has 0 saturated heterocycles. The Balaban J connectivity index is 2.62. The molecule has 31 heavy (non-hydrogen) atoms. The van der Waals surface area contributed by atoms with Crippen LogP contribution >= 0.6 is 0 Å². The van der Waals surface area contributed by atoms with Crippen LogP contribution in [0.1, 0.15) is 50.9 Å². The molecule has 9 nitrogen and oxygen atoms in total. The van der Waals surface area contributed by atoms with Gasteiger partial charge in [0.15, 0.2) is 0 Å². The van der Waals surface area contributed by atoms with E-state index in [1.807, 2.05) is 6.92 Å². The molecule has 1 rings (SSSR count). The molecule has 0 saturated carbocycles. The maximum atomic E-state index is 12.4. The van der Waals surface area contributed by atoms with Crippen molar-refractivity contribution in [1.82, 2.24) is 10.6 Å². The van der Waals surface area contributed by atoms with Gasteiger partial charge >= 0.3 is 12.1 Å². The van der Waals surface area contributed by atoms with Gasteiger partial charge in [0.25, 0.3) is 5.91 Å². The molecule has 1 aromatic rings. The van der Waals surface area contributed by atoms with Crippen molar-refractivity contribution in [2.24, 2.45) is 0 Å². The Bertz CT molecular complexity index is 837. The number of amides is 2. The van der Waals surface area contributed by atoms with E-state index in [1.54, 1.807) is 51.1 Å². The molecule has 3 N–H and O–H groups in total. The highest BCUT2D eigenvalue weighted by Crippen LogP contribution is 2.17. The molecule has 0 heterocycles. The number of unbranched alkanes of at least 4 members (excludes halogenated alkanes) is 1. The Morgan fingerprint density at radius 1 is 1.16 bits per heavy atom. The number of nitriles is 1. The molecule has 0 spiro atoms. The summed E-state index contributed by atoms with van der Waals surface area (Å²) in [5, 5.41) is 17.2. The zero-order chi connectivity index (χ0) is 23.3. The molecule has 2 amide bonds. The molecule has 0 aliphatic carbocycles. The molecular weight excluding hydrogens is 400 g/mol. The number of rotatable bonds is 10. The third-order valence-corrected chi connectivity index (χ3v) is 3.68. The molecule has 0 radical (unpaired) electrons. The molecular formula is C22H30N4O5. The third-order valence-electron chi connectivity index (χ3n) is 3.68. The average Bonchev–Trinajstić information content (AvgIpc) is 2.69. The molecule has 0 atom stereocenters. The summed E-state index contributed by atoms with van der Waals surface area (Å²) in [4.78, 5) is 36.2. The van der Waals surface area contributed by atoms with E-state index < -0.39 is 23.6 Å². The van der Waals surface area contributed by atoms with Gasteiger partial charge in [-0.25, -0.2) is 9.59 Å². The van der Waals surface area contributed by atoms with Gasteiger partial charge in [0.05, 0.1) is 17.9 Å². The molecule has 1 aromatic carbocycles. The number of carbonyl (C=O) groups is 3. The van der Waals surface area contributed by atoms with Gasteiger partial charge in [-0.3, -0.25) is 4.79 Å². The lowest BCUT2D eigenvalue weighted by atomic mass is 10.1. The van der Waals surface area contributed by atoms with Crippen LogP contribution in [-0.2, 0) is 14.3 Å². The number of carbonyl (C=O) groups excluding carboxylic acids is 3. The number of ether oxygens (including phenoxy) is 2. The average molecular weight is 431 g/mol. The Hall–Kier alpha value is -3.54. The molecule has 0 unspecified atom stereocenters. The Morgan fingerprint density at radius 2 is 1.87 bits per heavy atom. The highest BCUT2D eigenvalue weighted by molar-refractivity contribution is 6.09. The van der Waals surface area contributed by atoms with Crippen LogP contribution < -0.4 is 16.0 Å². The van der Waals surface area contributed by atoms with Crippen LogP contribution in [0.4, 0.5) is 10.5 Å². The predicted octanol–water partition coefficient (Wildman–Crippen LogP) is 3.10. The van der Waals surface area contributed by atoms with Gasteiger partial charge in [0.1, 0.15) is 17.2 Å². The fraction of sp³-hybridized carbons (Fsp3) is 0.455. The smallest absolute Gasteiger partial charge is 0.407 e. The van der Waals surface area contributed by atoms with Crippen LogP contribution in [0.25, 0.3) is 0 Å². The topological polar surface area (TPSA) is 130 Å². The van der Waals surface area contributed by atoms with Crippen molar-refractivity contribution < 1.29 is 23.9 Å². The largest absolute Gasteiger partial charge is 0.462 e. The molecule has 168 valence electrons. The number of esters is 1. The number of para-hydroxylation sites is 1. The van der Waals surface area contributed by atoms with Crippen molar-refractivity contribution in [3.05, 3.63) is 41.6 Å². The maximum Gasteiger partial charge on any atom is 0.407 e. The van der Waals surface area contributed by atoms with Crippen molar-refractivity contribution >= 4 is 23.7 Å². The number of alkyl carbamates (subject to hydrolysis) is 1. The van der Waals surface area contributed by atoms with Gasteiger partial charge < -0.3 is 25.4 Å². The normalized spacial score (nSPS) is 11.1. The van der Waals surface area contributed by atoms with E-state index in [0.29, 0.717) is 6.61 Å². The van der Waals surface area contributed by atoms with Gasteiger partial charge in [0.2, 0.25) is 0 Å². The van der Waals surface area contributed by atoms with Crippen LogP contribution in [0.5, 0.6) is 0 Å². The van der Waals surface area contributed by atoms with Crippen LogP contribution in [-0.4, -0.2) is 43.3 Å². The summed E-state index contributed by atoms with van der Waals surface area (Å²) in [7, 11) is 0. The summed E-state index contributed by atoms with van der Waals surface area (Å²) in [6.45, 7) is 8.06. The Labute approximate surface area is 182 Å². The maximum absolute atomic E-state index is 12.4. The lowest BCUT2D eigenvalue weighted by Crippen LogP contribution is -2.35. The fourth-order valence-electron chi connectivity index (χ4n) is 2.22. The summed E-state index contributed by atoms with van der Waals surface area (Å²) in [5.74, 6) is -1.22. The minimum atomic E-state index is -0.677. The van der Waals surface area contributed by atoms with E-state index in [4.69, 9.17) is 9.47 Å². The first-order valence-corrected chi connectivity index (χ1v) is 10.1. The highest BCUT2D eigenvalue weighted by Gasteiger charge is 2.17. The van der Waals surface area contributed by atoms with Crippen LogP contribution in [0.3, 0.4) is 0 Å². The second kappa shape index (κ2) is 12.9. The summed E-state index contributed by atoms with van der Waals surface area (Å²) < 4.78 is 10.3. The number of anilines is 1. The number of nitrogens with one attached hydrogen (secondary N) is 3. The SMILES string of the molecule is CCCCOC(=O)c1ccccc1NC(=O)/C(C#N)=C\NCCNC(=O)OC(C)(C)C. The molecule has 0 aliphatic heterocycles. The summed E-state index contributed by atoms with van der Waals surface area (Å²) in [6, 6.07) is 8.22. The second-order valence-electron chi connectivity index (χ2n) is 7.54. The first-order valence-electron chi connectivity index (χ1n) is 10.1. The second-order valence-corrected chi connectivity index (χ2v) is 7.54. The van der Waals surface area contributed by atoms with Gasteiger partial charge in [-0.1, -0.05) is 25.5 Å². The van der Waals surface area contributed by atoms with Crippen LogP contribution in [0.15, 0.2) is 36.0 Å². The van der Waals surface area contributed by atoms with E-state index >= 15 is 0 Å². The van der Waals surface area contributed by atoms with Crippen molar-refractivity contribution in [1.29, 1.82) is 5.26 Å². The minimum Gasteiger partial charge on any atom is -0.462 e. The van der Waals surface area contributed by atoms with Crippen molar-refractivity contribution in [3.63, 3.8) is 0 Å². The van der Waals surface area contributed by atoms with E-state index in [2.05, 4.69) is 16.0 Å². The standard InChI is InChI=1S/C22H30N4O5/c1-5-6-13-30-20(28)17-9-7-8-10-18(17)26-19(27)16(14-23)15-24-11-12-25-21(29)31-22(2,3)4/h7-10,15,24H,5-6,11-13H2,1-4H3,(H,25,29)(H,26,27)/b16-15-. The highest BCUT2D eigenvalue weighted by atomic mass is 16.6. The lowest BCUT2D eigenvalue weighted by molar-refractivity contribution is -0.112. The summed E-state index contributed by atoms with van der Waals surface area (Å²) >= 11 is 0. The molecule has 0 fully saturated rings. The van der Waals surface area contributed by atoms with Gasteiger partial charge in [-0.05, 0) is 39.3 Å². The van der Waals surface area contributed by atoms with E-state index in [9.17, 15) is 19.6 Å². The number of nitrogens with zero attached hydrogens (tertiary/aromatic N) is 1. The van der Waals surface area contributed by atoms with Gasteiger partial charge in [-0.15, -0.1) is 0 Å². The monoisotopic (exact) mass is 430 g/mol. The zero-order valence-electron chi connectivity index (χ0n) is 18.4. The summed E-state index contributed by atoms with van der Waals surface area (Å²) in [5.41, 5.74) is -0.325. The molecule has 0 bridgehead atoms. The molecule has 0 aliphatic rings. The van der Waals surface area contributed by atoms with E-state index in [1.165, 1.54) is 6.20 Å². The zero-order valence-corrected chi connectivity index (χ0v) is 18.4. The predicted molar refractivity (Wildman–Crippen MR) is 116 cm³/mol. The number of hydrogen-bond donors (Lipinski definition) is 3. The van der Waals surface area contributed by atoms with E-state index in [0.717, 1.165) is 12.8 Å². The summed E-state index contributed by atoms with van der Waals surface area (Å²) in [6.07, 6.45) is 2.33. The van der Waals surface area contributed by atoms with Crippen molar-refractivity contribution in [2.45, 2.75) is 46.1 Å². The van der Waals surface area contributed by atoms with Gasteiger partial charge in [0, 0.05) is 19.3 Å². The van der Waals surface area contributed by atoms with Crippen molar-refractivity contribution in [3.8, 4) is 6.07 Å². The van der Waals surface area contributed by atoms with Gasteiger partial charge in [-0.2, -0.15) is 5.26 Å². The first-order chi connectivity index (χ1) is 14.7. The Morgan fingerprint density at radius 3 is 2.52 bits per heavy atom. The lowest BCUT2D eigenvalue weighted by Gasteiger charge is -2.19. The van der Waals surface area contributed by atoms with Crippen LogP contribution in [0, 0.1) is 11.3 Å². The van der Waals surface area contributed by atoms with Crippen molar-refractivity contribution in [2.75, 3.05) is 25.0 Å². The number of benzene rings is 1. The quantitative estimate of drug-likeness (QED) is 0.225. The Kier molecular flexibility index (Phi) is 10.6.